The average molecular weight is 318 g/mol. The normalized spacial score (nSPS) is 10.8. The van der Waals surface area contributed by atoms with Crippen LogP contribution >= 0.6 is 15.9 Å². The summed E-state index contributed by atoms with van der Waals surface area (Å²) in [6.07, 6.45) is 0. The molecule has 2 aromatic carbocycles. The number of fused-ring (bicyclic) bond motifs is 1. The van der Waals surface area contributed by atoms with E-state index in [0.29, 0.717) is 11.4 Å². The van der Waals surface area contributed by atoms with Crippen molar-refractivity contribution >= 4 is 32.7 Å². The lowest BCUT2D eigenvalue weighted by atomic mass is 10.2. The summed E-state index contributed by atoms with van der Waals surface area (Å²) in [5, 5.41) is 10.8. The van der Waals surface area contributed by atoms with Crippen molar-refractivity contribution in [2.45, 2.75) is 0 Å². The van der Waals surface area contributed by atoms with Crippen LogP contribution in [0.1, 0.15) is 0 Å². The topological polar surface area (TPSA) is 71.8 Å². The molecule has 0 aliphatic rings. The maximum atomic E-state index is 10.8. The molecule has 0 saturated heterocycles. The number of H-pyrrole nitrogens is 1. The number of hydrogen-bond donors (Lipinski definition) is 1. The van der Waals surface area contributed by atoms with E-state index in [1.54, 1.807) is 12.1 Å². The number of aromatic amines is 1. The zero-order valence-electron chi connectivity index (χ0n) is 9.63. The molecule has 0 radical (unpaired) electrons. The Morgan fingerprint density at radius 3 is 2.84 bits per heavy atom. The molecular formula is C13H8BrN3O2. The fraction of sp³-hybridized carbons (Fsp3) is 0. The van der Waals surface area contributed by atoms with Crippen molar-refractivity contribution in [1.29, 1.82) is 0 Å². The summed E-state index contributed by atoms with van der Waals surface area (Å²) in [7, 11) is 0. The van der Waals surface area contributed by atoms with Gasteiger partial charge >= 0.3 is 0 Å². The Kier molecular flexibility index (Phi) is 2.79. The molecule has 94 valence electrons. The first-order chi connectivity index (χ1) is 9.13. The number of nitrogens with zero attached hydrogens (tertiary/aromatic N) is 2. The molecule has 1 aromatic heterocycles. The molecule has 0 aliphatic carbocycles. The van der Waals surface area contributed by atoms with Crippen molar-refractivity contribution in [1.82, 2.24) is 9.97 Å². The lowest BCUT2D eigenvalue weighted by Gasteiger charge is -1.96. The van der Waals surface area contributed by atoms with Crippen LogP contribution in [0.3, 0.4) is 0 Å². The maximum Gasteiger partial charge on any atom is 0.270 e. The summed E-state index contributed by atoms with van der Waals surface area (Å²) in [4.78, 5) is 17.9. The van der Waals surface area contributed by atoms with E-state index in [2.05, 4.69) is 25.9 Å². The Morgan fingerprint density at radius 2 is 2.05 bits per heavy atom. The van der Waals surface area contributed by atoms with Gasteiger partial charge in [-0.25, -0.2) is 4.98 Å². The number of benzene rings is 2. The Morgan fingerprint density at radius 1 is 1.21 bits per heavy atom. The van der Waals surface area contributed by atoms with Crippen LogP contribution in [0, 0.1) is 10.1 Å². The third-order valence-electron chi connectivity index (χ3n) is 2.77. The monoisotopic (exact) mass is 317 g/mol. The summed E-state index contributed by atoms with van der Waals surface area (Å²) >= 11 is 3.39. The summed E-state index contributed by atoms with van der Waals surface area (Å²) in [6, 6.07) is 12.1. The van der Waals surface area contributed by atoms with E-state index >= 15 is 0 Å². The molecule has 0 unspecified atom stereocenters. The minimum absolute atomic E-state index is 0.0548. The summed E-state index contributed by atoms with van der Waals surface area (Å²) in [5.74, 6) is 0.622. The van der Waals surface area contributed by atoms with Gasteiger partial charge in [0, 0.05) is 22.2 Å². The second-order valence-corrected chi connectivity index (χ2v) is 4.97. The van der Waals surface area contributed by atoms with Crippen molar-refractivity contribution < 1.29 is 4.92 Å². The van der Waals surface area contributed by atoms with Crippen molar-refractivity contribution in [2.24, 2.45) is 0 Å². The molecule has 0 aliphatic heterocycles. The van der Waals surface area contributed by atoms with Crippen LogP contribution in [-0.2, 0) is 0 Å². The van der Waals surface area contributed by atoms with Crippen LogP contribution in [0.25, 0.3) is 22.4 Å². The van der Waals surface area contributed by atoms with Crippen molar-refractivity contribution in [3.05, 3.63) is 57.1 Å². The Balaban J connectivity index is 2.13. The fourth-order valence-electron chi connectivity index (χ4n) is 1.89. The van der Waals surface area contributed by atoms with E-state index < -0.39 is 4.92 Å². The predicted molar refractivity (Wildman–Crippen MR) is 75.9 cm³/mol. The second-order valence-electron chi connectivity index (χ2n) is 4.05. The number of aromatic nitrogens is 2. The number of non-ortho nitro benzene ring substituents is 1. The molecule has 0 spiro atoms. The lowest BCUT2D eigenvalue weighted by Crippen LogP contribution is -1.88. The number of halogens is 1. The van der Waals surface area contributed by atoms with Gasteiger partial charge in [-0.3, -0.25) is 10.1 Å². The van der Waals surface area contributed by atoms with E-state index in [9.17, 15) is 10.1 Å². The number of hydrogen-bond acceptors (Lipinski definition) is 3. The third-order valence-corrected chi connectivity index (χ3v) is 3.27. The predicted octanol–water partition coefficient (Wildman–Crippen LogP) is 3.90. The van der Waals surface area contributed by atoms with Gasteiger partial charge in [0.25, 0.3) is 5.69 Å². The average Bonchev–Trinajstić information content (AvgIpc) is 2.81. The van der Waals surface area contributed by atoms with Crippen LogP contribution in [0.5, 0.6) is 0 Å². The van der Waals surface area contributed by atoms with E-state index in [1.807, 2.05) is 18.2 Å². The molecular weight excluding hydrogens is 310 g/mol. The lowest BCUT2D eigenvalue weighted by molar-refractivity contribution is -0.384. The van der Waals surface area contributed by atoms with Gasteiger partial charge in [0.05, 0.1) is 16.0 Å². The summed E-state index contributed by atoms with van der Waals surface area (Å²) in [5.41, 5.74) is 2.46. The van der Waals surface area contributed by atoms with Gasteiger partial charge in [0.1, 0.15) is 5.82 Å². The fourth-order valence-corrected chi connectivity index (χ4v) is 2.25. The van der Waals surface area contributed by atoms with Gasteiger partial charge in [-0.15, -0.1) is 0 Å². The Hall–Kier alpha value is -2.21. The number of nitro benzene ring substituents is 1. The van der Waals surface area contributed by atoms with Gasteiger partial charge in [0.15, 0.2) is 0 Å². The number of rotatable bonds is 2. The van der Waals surface area contributed by atoms with Crippen molar-refractivity contribution in [3.8, 4) is 11.4 Å². The Bertz CT molecular complexity index is 782. The first-order valence-electron chi connectivity index (χ1n) is 5.53. The highest BCUT2D eigenvalue weighted by Gasteiger charge is 2.10. The first kappa shape index (κ1) is 11.9. The minimum atomic E-state index is -0.414. The molecule has 6 heteroatoms. The van der Waals surface area contributed by atoms with E-state index in [4.69, 9.17) is 0 Å². The minimum Gasteiger partial charge on any atom is -0.338 e. The highest BCUT2D eigenvalue weighted by atomic mass is 79.9. The van der Waals surface area contributed by atoms with Gasteiger partial charge in [0.2, 0.25) is 0 Å². The zero-order chi connectivity index (χ0) is 13.4. The van der Waals surface area contributed by atoms with Crippen molar-refractivity contribution in [3.63, 3.8) is 0 Å². The van der Waals surface area contributed by atoms with E-state index in [0.717, 1.165) is 15.5 Å². The van der Waals surface area contributed by atoms with Gasteiger partial charge < -0.3 is 4.98 Å². The maximum absolute atomic E-state index is 10.8. The Labute approximate surface area is 116 Å². The molecule has 0 fully saturated rings. The quantitative estimate of drug-likeness (QED) is 0.575. The van der Waals surface area contributed by atoms with Gasteiger partial charge in [-0.05, 0) is 18.2 Å². The van der Waals surface area contributed by atoms with Crippen LogP contribution in [-0.4, -0.2) is 14.9 Å². The number of imidazole rings is 1. The van der Waals surface area contributed by atoms with E-state index in [1.165, 1.54) is 12.1 Å². The van der Waals surface area contributed by atoms with Crippen molar-refractivity contribution in [2.75, 3.05) is 0 Å². The highest BCUT2D eigenvalue weighted by Crippen LogP contribution is 2.25. The molecule has 0 amide bonds. The molecule has 0 atom stereocenters. The summed E-state index contributed by atoms with van der Waals surface area (Å²) in [6.45, 7) is 0. The smallest absolute Gasteiger partial charge is 0.270 e. The first-order valence-corrected chi connectivity index (χ1v) is 6.33. The standard InChI is InChI=1S/C13H8BrN3O2/c14-9-4-5-11-12(7-9)16-13(15-11)8-2-1-3-10(6-8)17(18)19/h1-7H,(H,15,16). The highest BCUT2D eigenvalue weighted by molar-refractivity contribution is 9.10. The second kappa shape index (κ2) is 4.47. The van der Waals surface area contributed by atoms with Gasteiger partial charge in [-0.2, -0.15) is 0 Å². The van der Waals surface area contributed by atoms with Crippen LogP contribution in [0.4, 0.5) is 5.69 Å². The molecule has 5 nitrogen and oxygen atoms in total. The number of nitrogens with one attached hydrogen (secondary N) is 1. The van der Waals surface area contributed by atoms with Crippen LogP contribution in [0.2, 0.25) is 0 Å². The molecule has 3 rings (SSSR count). The summed E-state index contributed by atoms with van der Waals surface area (Å²) < 4.78 is 0.953. The third kappa shape index (κ3) is 2.22. The van der Waals surface area contributed by atoms with Gasteiger partial charge in [-0.1, -0.05) is 28.1 Å². The molecule has 19 heavy (non-hydrogen) atoms. The molecule has 0 bridgehead atoms. The van der Waals surface area contributed by atoms with Crippen LogP contribution < -0.4 is 0 Å². The van der Waals surface area contributed by atoms with E-state index in [-0.39, 0.29) is 5.69 Å². The molecule has 0 saturated carbocycles. The SMILES string of the molecule is O=[N+]([O-])c1cccc(-c2nc3ccc(Br)cc3[nH]2)c1. The molecule has 3 aromatic rings. The number of nitro groups is 1. The largest absolute Gasteiger partial charge is 0.338 e. The zero-order valence-corrected chi connectivity index (χ0v) is 11.2. The molecule has 1 heterocycles. The molecule has 1 N–H and O–H groups in total. The van der Waals surface area contributed by atoms with Crippen LogP contribution in [0.15, 0.2) is 46.9 Å².